The standard InChI is InChI=1S/C29H24F4N4O4S/c1-16-5-27(41-23-11-21(31)10-22(32)12-23)35-14-26(16)37-29(34)24(13-36-37)28(38)19-6-17-8-20(25(33)9-18(17)7-19)15-42(39,40)4-2-3-30/h5,7-14H,2-4,6,15,34H2,1H3. The third kappa shape index (κ3) is 6.05. The number of hydrogen-bond donors (Lipinski definition) is 1. The summed E-state index contributed by atoms with van der Waals surface area (Å²) in [6, 6.07) is 6.85. The minimum absolute atomic E-state index is 0.0217. The molecule has 5 rings (SSSR count). The Kier molecular flexibility index (Phi) is 7.87. The van der Waals surface area contributed by atoms with Crippen LogP contribution in [-0.4, -0.2) is 41.4 Å². The number of aromatic nitrogens is 3. The van der Waals surface area contributed by atoms with E-state index < -0.39 is 45.5 Å². The van der Waals surface area contributed by atoms with Crippen LogP contribution in [-0.2, 0) is 22.0 Å². The molecule has 0 fully saturated rings. The molecule has 8 nitrogen and oxygen atoms in total. The van der Waals surface area contributed by atoms with Crippen LogP contribution in [0.5, 0.6) is 11.6 Å². The van der Waals surface area contributed by atoms with Gasteiger partial charge in [0.05, 0.1) is 41.8 Å². The molecule has 218 valence electrons. The average Bonchev–Trinajstić information content (AvgIpc) is 3.50. The molecular formula is C29H24F4N4O4S. The minimum atomic E-state index is -3.70. The monoisotopic (exact) mass is 600 g/mol. The zero-order valence-electron chi connectivity index (χ0n) is 22.2. The van der Waals surface area contributed by atoms with Gasteiger partial charge in [-0.25, -0.2) is 31.3 Å². The average molecular weight is 601 g/mol. The summed E-state index contributed by atoms with van der Waals surface area (Å²) in [5.74, 6) is -3.71. The van der Waals surface area contributed by atoms with Crippen LogP contribution in [0.2, 0.25) is 0 Å². The van der Waals surface area contributed by atoms with Crippen LogP contribution in [0.25, 0.3) is 11.8 Å². The molecule has 2 aromatic heterocycles. The van der Waals surface area contributed by atoms with Gasteiger partial charge in [0.1, 0.15) is 29.0 Å². The van der Waals surface area contributed by atoms with E-state index in [9.17, 15) is 30.8 Å². The highest BCUT2D eigenvalue weighted by Gasteiger charge is 2.26. The molecule has 1 aliphatic rings. The molecular weight excluding hydrogens is 576 g/mol. The number of carbonyl (C=O) groups excluding carboxylic acids is 1. The summed E-state index contributed by atoms with van der Waals surface area (Å²) >= 11 is 0. The Bertz CT molecular complexity index is 1830. The highest BCUT2D eigenvalue weighted by atomic mass is 32.2. The van der Waals surface area contributed by atoms with Crippen LogP contribution in [0.1, 0.15) is 39.0 Å². The number of rotatable bonds is 10. The Morgan fingerprint density at radius 1 is 1.07 bits per heavy atom. The Morgan fingerprint density at radius 3 is 2.50 bits per heavy atom. The molecule has 2 N–H and O–H groups in total. The molecule has 13 heteroatoms. The number of sulfone groups is 1. The predicted molar refractivity (Wildman–Crippen MR) is 147 cm³/mol. The van der Waals surface area contributed by atoms with Crippen molar-refractivity contribution in [3.05, 3.63) is 99.6 Å². The number of nitrogens with zero attached hydrogens (tertiary/aromatic N) is 3. The van der Waals surface area contributed by atoms with Crippen LogP contribution in [0.15, 0.2) is 54.4 Å². The normalized spacial score (nSPS) is 12.7. The van der Waals surface area contributed by atoms with E-state index in [-0.39, 0.29) is 47.2 Å². The number of pyridine rings is 1. The lowest BCUT2D eigenvalue weighted by Gasteiger charge is -2.11. The fourth-order valence-electron chi connectivity index (χ4n) is 4.66. The number of benzene rings is 2. The van der Waals surface area contributed by atoms with Gasteiger partial charge in [-0.2, -0.15) is 5.10 Å². The lowest BCUT2D eigenvalue weighted by Crippen LogP contribution is -2.11. The van der Waals surface area contributed by atoms with E-state index >= 15 is 0 Å². The number of nitrogen functional groups attached to an aromatic ring is 1. The molecule has 2 heterocycles. The van der Waals surface area contributed by atoms with E-state index in [4.69, 9.17) is 10.5 Å². The maximum absolute atomic E-state index is 14.7. The molecule has 0 aliphatic heterocycles. The van der Waals surface area contributed by atoms with Gasteiger partial charge in [0.2, 0.25) is 5.88 Å². The van der Waals surface area contributed by atoms with Crippen molar-refractivity contribution in [2.75, 3.05) is 18.2 Å². The second kappa shape index (κ2) is 11.4. The lowest BCUT2D eigenvalue weighted by molar-refractivity contribution is 0.103. The molecule has 0 saturated carbocycles. The van der Waals surface area contributed by atoms with Gasteiger partial charge in [-0.15, -0.1) is 0 Å². The summed E-state index contributed by atoms with van der Waals surface area (Å²) in [6.45, 7) is 0.925. The van der Waals surface area contributed by atoms with Crippen molar-refractivity contribution in [3.63, 3.8) is 0 Å². The summed E-state index contributed by atoms with van der Waals surface area (Å²) in [5, 5.41) is 4.23. The first-order valence-electron chi connectivity index (χ1n) is 12.7. The van der Waals surface area contributed by atoms with Crippen LogP contribution >= 0.6 is 0 Å². The molecule has 0 spiro atoms. The van der Waals surface area contributed by atoms with E-state index in [1.807, 2.05) is 0 Å². The van der Waals surface area contributed by atoms with Crippen LogP contribution < -0.4 is 10.5 Å². The quantitative estimate of drug-likeness (QED) is 0.190. The molecule has 0 amide bonds. The first kappa shape index (κ1) is 29.0. The largest absolute Gasteiger partial charge is 0.439 e. The number of Topliss-reactive ketones (excluding diaryl/α,β-unsaturated/α-hetero) is 1. The van der Waals surface area contributed by atoms with Gasteiger partial charge in [0, 0.05) is 41.8 Å². The topological polar surface area (TPSA) is 117 Å². The molecule has 0 atom stereocenters. The van der Waals surface area contributed by atoms with Crippen molar-refractivity contribution in [2.45, 2.75) is 25.5 Å². The van der Waals surface area contributed by atoms with Crippen LogP contribution in [0, 0.1) is 24.4 Å². The molecule has 4 aromatic rings. The van der Waals surface area contributed by atoms with E-state index in [1.165, 1.54) is 41.4 Å². The van der Waals surface area contributed by atoms with Crippen molar-refractivity contribution in [3.8, 4) is 17.3 Å². The van der Waals surface area contributed by atoms with Gasteiger partial charge < -0.3 is 10.5 Å². The number of aryl methyl sites for hydroxylation is 1. The number of ketones is 1. The molecule has 0 bridgehead atoms. The van der Waals surface area contributed by atoms with Gasteiger partial charge in [-0.1, -0.05) is 6.07 Å². The number of carbonyl (C=O) groups is 1. The van der Waals surface area contributed by atoms with Crippen molar-refractivity contribution >= 4 is 27.5 Å². The third-order valence-electron chi connectivity index (χ3n) is 6.67. The van der Waals surface area contributed by atoms with Crippen molar-refractivity contribution in [2.24, 2.45) is 0 Å². The van der Waals surface area contributed by atoms with E-state index in [0.717, 1.165) is 18.2 Å². The van der Waals surface area contributed by atoms with Crippen molar-refractivity contribution in [1.29, 1.82) is 0 Å². The number of allylic oxidation sites excluding steroid dienone is 1. The first-order chi connectivity index (χ1) is 19.9. The van der Waals surface area contributed by atoms with Gasteiger partial charge >= 0.3 is 0 Å². The number of hydrogen-bond acceptors (Lipinski definition) is 7. The zero-order valence-corrected chi connectivity index (χ0v) is 23.0. The molecule has 1 aliphatic carbocycles. The van der Waals surface area contributed by atoms with E-state index in [1.54, 1.807) is 6.92 Å². The Morgan fingerprint density at radius 2 is 1.81 bits per heavy atom. The Labute approximate surface area is 238 Å². The molecule has 0 radical (unpaired) electrons. The summed E-state index contributed by atoms with van der Waals surface area (Å²) in [7, 11) is -3.70. The number of fused-ring (bicyclic) bond motifs is 1. The molecule has 2 aromatic carbocycles. The van der Waals surface area contributed by atoms with Gasteiger partial charge in [-0.3, -0.25) is 9.18 Å². The van der Waals surface area contributed by atoms with Crippen LogP contribution in [0.4, 0.5) is 23.4 Å². The lowest BCUT2D eigenvalue weighted by atomic mass is 10.0. The Hall–Kier alpha value is -4.52. The maximum atomic E-state index is 14.7. The molecule has 42 heavy (non-hydrogen) atoms. The summed E-state index contributed by atoms with van der Waals surface area (Å²) in [4.78, 5) is 17.5. The molecule has 0 unspecified atom stereocenters. The fourth-order valence-corrected chi connectivity index (χ4v) is 6.05. The number of anilines is 1. The highest BCUT2D eigenvalue weighted by Crippen LogP contribution is 2.32. The van der Waals surface area contributed by atoms with Crippen molar-refractivity contribution in [1.82, 2.24) is 14.8 Å². The maximum Gasteiger partial charge on any atom is 0.219 e. The number of alkyl halides is 1. The van der Waals surface area contributed by atoms with Gasteiger partial charge in [0.15, 0.2) is 15.6 Å². The zero-order chi connectivity index (χ0) is 30.2. The summed E-state index contributed by atoms with van der Waals surface area (Å²) in [6.07, 6.45) is 4.17. The third-order valence-corrected chi connectivity index (χ3v) is 8.33. The number of halogens is 4. The SMILES string of the molecule is Cc1cc(Oc2cc(F)cc(F)c2)ncc1-n1ncc(C(=O)C2=Cc3cc(F)c(CS(=O)(=O)CCCF)cc3C2)c1N. The number of ether oxygens (including phenoxy) is 1. The fraction of sp³-hybridized carbons (Fsp3) is 0.207. The van der Waals surface area contributed by atoms with E-state index in [2.05, 4.69) is 10.1 Å². The summed E-state index contributed by atoms with van der Waals surface area (Å²) < 4.78 is 85.3. The second-order valence-corrected chi connectivity index (χ2v) is 12.0. The molecule has 0 saturated heterocycles. The predicted octanol–water partition coefficient (Wildman–Crippen LogP) is 5.46. The highest BCUT2D eigenvalue weighted by molar-refractivity contribution is 7.90. The van der Waals surface area contributed by atoms with Crippen molar-refractivity contribution < 1.29 is 35.5 Å². The minimum Gasteiger partial charge on any atom is -0.439 e. The van der Waals surface area contributed by atoms with Gasteiger partial charge in [0.25, 0.3) is 0 Å². The van der Waals surface area contributed by atoms with Gasteiger partial charge in [-0.05, 0) is 42.2 Å². The summed E-state index contributed by atoms with van der Waals surface area (Å²) in [5.41, 5.74) is 8.69. The first-order valence-corrected chi connectivity index (χ1v) is 14.5. The van der Waals surface area contributed by atoms with Crippen LogP contribution in [0.3, 0.4) is 0 Å². The number of nitrogens with two attached hydrogens (primary N) is 1. The Balaban J connectivity index is 1.34. The smallest absolute Gasteiger partial charge is 0.219 e. The second-order valence-electron chi connectivity index (χ2n) is 9.82. The van der Waals surface area contributed by atoms with E-state index in [0.29, 0.717) is 28.0 Å².